The molecule has 1 heterocycles. The predicted molar refractivity (Wildman–Crippen MR) is 91.5 cm³/mol. The van der Waals surface area contributed by atoms with Crippen LogP contribution in [0.5, 0.6) is 0 Å². The van der Waals surface area contributed by atoms with Gasteiger partial charge in [-0.05, 0) is 34.1 Å². The molecule has 144 valence electrons. The molecule has 0 aliphatic carbocycles. The summed E-state index contributed by atoms with van der Waals surface area (Å²) in [5.74, 6) is -2.78. The smallest absolute Gasteiger partial charge is 0.305 e. The van der Waals surface area contributed by atoms with E-state index in [1.54, 1.807) is 0 Å². The standard InChI is InChI=1S/C15H27N3O6S/c1-6-15(17,10(21)8(16)7-9(19)20)12(22)18-11-13(2,3)25(23,24)14(11,4)5/h8,11H,6-7,16-17H2,1-5H3,(H,18,22)(H,19,20)/t8-,15?/m0/s1/i/hD. The fourth-order valence-corrected chi connectivity index (χ4v) is 5.92. The molecule has 6 N–H and O–H groups in total. The van der Waals surface area contributed by atoms with Crippen molar-refractivity contribution in [1.29, 1.82) is 1.43 Å². The molecule has 1 aliphatic heterocycles. The van der Waals surface area contributed by atoms with Gasteiger partial charge in [-0.25, -0.2) is 8.42 Å². The van der Waals surface area contributed by atoms with Crippen LogP contribution in [0.4, 0.5) is 0 Å². The van der Waals surface area contributed by atoms with E-state index in [-0.39, 0.29) is 6.42 Å². The fourth-order valence-electron chi connectivity index (χ4n) is 3.42. The number of ketones is 1. The molecule has 1 amide bonds. The van der Waals surface area contributed by atoms with E-state index in [2.05, 4.69) is 10.4 Å². The minimum absolute atomic E-state index is 0.110. The summed E-state index contributed by atoms with van der Waals surface area (Å²) in [5.41, 5.74) is 9.58. The molecule has 0 saturated carbocycles. The number of amides is 1. The van der Waals surface area contributed by atoms with Gasteiger partial charge in [-0.3, -0.25) is 14.4 Å². The van der Waals surface area contributed by atoms with Gasteiger partial charge < -0.3 is 21.9 Å². The van der Waals surface area contributed by atoms with Crippen LogP contribution in [0.15, 0.2) is 0 Å². The maximum atomic E-state index is 12.7. The molecular formula is C15H27N3O6S. The molecule has 0 aromatic heterocycles. The molecule has 0 spiro atoms. The van der Waals surface area contributed by atoms with Gasteiger partial charge in [0, 0.05) is 0 Å². The number of sulfone groups is 1. The average molecular weight is 378 g/mol. The highest BCUT2D eigenvalue weighted by Crippen LogP contribution is 2.48. The lowest BCUT2D eigenvalue weighted by Crippen LogP contribution is -2.80. The van der Waals surface area contributed by atoms with Crippen molar-refractivity contribution in [2.45, 2.75) is 74.6 Å². The number of carbonyl (C=O) groups is 3. The highest BCUT2D eigenvalue weighted by molar-refractivity contribution is 7.95. The van der Waals surface area contributed by atoms with Crippen LogP contribution >= 0.6 is 0 Å². The van der Waals surface area contributed by atoms with Crippen LogP contribution in [-0.4, -0.2) is 58.3 Å². The number of hydrogen-bond donors (Lipinski definition) is 4. The van der Waals surface area contributed by atoms with Crippen molar-refractivity contribution in [1.82, 2.24) is 5.32 Å². The van der Waals surface area contributed by atoms with E-state index in [1.807, 2.05) is 0 Å². The molecule has 1 aliphatic rings. The maximum absolute atomic E-state index is 12.7. The normalized spacial score (nSPS) is 24.8. The van der Waals surface area contributed by atoms with Crippen LogP contribution < -0.4 is 16.8 Å². The quantitative estimate of drug-likeness (QED) is 0.406. The van der Waals surface area contributed by atoms with Crippen LogP contribution in [0.1, 0.15) is 47.5 Å². The van der Waals surface area contributed by atoms with Gasteiger partial charge in [0.15, 0.2) is 21.2 Å². The van der Waals surface area contributed by atoms with Gasteiger partial charge in [0.05, 0.1) is 28.0 Å². The topological polar surface area (TPSA) is 170 Å². The monoisotopic (exact) mass is 378 g/mol. The third kappa shape index (κ3) is 3.06. The summed E-state index contributed by atoms with van der Waals surface area (Å²) in [6, 6.07) is -2.18. The molecular weight excluding hydrogens is 350 g/mol. The van der Waals surface area contributed by atoms with Gasteiger partial charge >= 0.3 is 5.97 Å². The third-order valence-electron chi connectivity index (χ3n) is 5.18. The summed E-state index contributed by atoms with van der Waals surface area (Å²) in [6.07, 6.45) is -0.703. The lowest BCUT2D eigenvalue weighted by atomic mass is 9.83. The highest BCUT2D eigenvalue weighted by Gasteiger charge is 2.68. The number of nitrogens with one attached hydrogen (secondary N) is 1. The first-order valence-corrected chi connectivity index (χ1v) is 9.39. The number of Topliss-reactive ketones (excluding diaryl/α,β-unsaturated/α-hetero) is 1. The molecule has 1 rings (SSSR count). The van der Waals surface area contributed by atoms with E-state index in [9.17, 15) is 22.8 Å². The van der Waals surface area contributed by atoms with E-state index >= 15 is 0 Å². The molecule has 0 aromatic carbocycles. The molecule has 9 nitrogen and oxygen atoms in total. The predicted octanol–water partition coefficient (Wildman–Crippen LogP) is -1.06. The Morgan fingerprint density at radius 1 is 1.28 bits per heavy atom. The second kappa shape index (κ2) is 6.33. The Labute approximate surface area is 148 Å². The zero-order chi connectivity index (χ0) is 20.7. The number of rotatable bonds is 7. The van der Waals surface area contributed by atoms with Crippen LogP contribution in [0, 0.1) is 0 Å². The number of aliphatic carboxylic acids is 1. The van der Waals surface area contributed by atoms with Crippen molar-refractivity contribution >= 4 is 27.5 Å². The van der Waals surface area contributed by atoms with Crippen LogP contribution in [0.25, 0.3) is 1.43 Å². The number of carbonyl (C=O) groups excluding carboxylic acids is 2. The van der Waals surface area contributed by atoms with Gasteiger partial charge in [0.1, 0.15) is 0 Å². The first-order valence-electron chi connectivity index (χ1n) is 8.32. The summed E-state index contributed by atoms with van der Waals surface area (Å²) in [5, 5.41) is 6.29. The lowest BCUT2D eigenvalue weighted by molar-refractivity contribution is -0.143. The second-order valence-corrected chi connectivity index (χ2v) is 10.6. The molecule has 2 atom stereocenters. The summed E-state index contributed by atoms with van der Waals surface area (Å²) < 4.78 is 28.8. The summed E-state index contributed by atoms with van der Waals surface area (Å²) >= 11 is 0. The lowest BCUT2D eigenvalue weighted by Gasteiger charge is -2.56. The molecule has 1 fully saturated rings. The van der Waals surface area contributed by atoms with Gasteiger partial charge in [-0.1, -0.05) is 6.92 Å². The molecule has 0 aromatic rings. The Balaban J connectivity index is 3.06. The first-order chi connectivity index (χ1) is 11.6. The molecule has 25 heavy (non-hydrogen) atoms. The highest BCUT2D eigenvalue weighted by atomic mass is 32.2. The Bertz CT molecular complexity index is 699. The molecule has 0 radical (unpaired) electrons. The molecule has 1 unspecified atom stereocenters. The van der Waals surface area contributed by atoms with Crippen molar-refractivity contribution in [2.24, 2.45) is 11.5 Å². The third-order valence-corrected chi connectivity index (χ3v) is 8.42. The minimum Gasteiger partial charge on any atom is -0.481 e. The van der Waals surface area contributed by atoms with Gasteiger partial charge in [-0.2, -0.15) is 0 Å². The Hall–Kier alpha value is -1.52. The zero-order valence-electron chi connectivity index (χ0n) is 16.1. The largest absolute Gasteiger partial charge is 0.481 e. The minimum atomic E-state index is -3.49. The second-order valence-electron chi connectivity index (χ2n) is 7.49. The van der Waals surface area contributed by atoms with E-state index in [1.165, 1.54) is 34.6 Å². The maximum Gasteiger partial charge on any atom is 0.305 e. The average Bonchev–Trinajstić information content (AvgIpc) is 2.56. The number of nitrogens with two attached hydrogens (primary N) is 2. The van der Waals surface area contributed by atoms with E-state index in [4.69, 9.17) is 12.9 Å². The Morgan fingerprint density at radius 2 is 1.76 bits per heavy atom. The van der Waals surface area contributed by atoms with Crippen molar-refractivity contribution in [3.05, 3.63) is 0 Å². The number of hydrogen-bond acceptors (Lipinski definition) is 8. The van der Waals surface area contributed by atoms with Crippen LogP contribution in [0.3, 0.4) is 0 Å². The first kappa shape index (κ1) is 19.8. The summed E-state index contributed by atoms with van der Waals surface area (Å²) in [7, 11) is -3.49. The summed E-state index contributed by atoms with van der Waals surface area (Å²) in [6.45, 7) is 7.45. The van der Waals surface area contributed by atoms with Crippen LogP contribution in [0.2, 0.25) is 0 Å². The molecule has 1 saturated heterocycles. The molecule has 0 bridgehead atoms. The SMILES string of the molecule is [2H]OC(=O)C[C@H](N)C(=O)C(N)(CC)C(=O)NC1C(C)(C)S(=O)(=O)C1(C)C. The van der Waals surface area contributed by atoms with E-state index < -0.39 is 61.0 Å². The molecule has 10 heteroatoms. The number of carboxylic acids is 1. The Morgan fingerprint density at radius 3 is 2.16 bits per heavy atom. The van der Waals surface area contributed by atoms with Crippen LogP contribution in [-0.2, 0) is 24.2 Å². The Kier molecular flexibility index (Phi) is 5.01. The number of carboxylic acid groups (broad SMARTS) is 1. The van der Waals surface area contributed by atoms with Gasteiger partial charge in [0.2, 0.25) is 5.91 Å². The zero-order valence-corrected chi connectivity index (χ0v) is 15.9. The summed E-state index contributed by atoms with van der Waals surface area (Å²) in [4.78, 5) is 36.4. The van der Waals surface area contributed by atoms with Gasteiger partial charge in [0.25, 0.3) is 1.43 Å². The van der Waals surface area contributed by atoms with Crippen molar-refractivity contribution in [3.63, 3.8) is 0 Å². The van der Waals surface area contributed by atoms with E-state index in [0.29, 0.717) is 0 Å². The van der Waals surface area contributed by atoms with Crippen molar-refractivity contribution in [2.75, 3.05) is 0 Å². The van der Waals surface area contributed by atoms with Crippen molar-refractivity contribution < 1.29 is 27.9 Å². The van der Waals surface area contributed by atoms with Gasteiger partial charge in [-0.15, -0.1) is 0 Å². The van der Waals surface area contributed by atoms with E-state index in [0.717, 1.165) is 0 Å². The fraction of sp³-hybridized carbons (Fsp3) is 0.800. The van der Waals surface area contributed by atoms with Crippen molar-refractivity contribution in [3.8, 4) is 0 Å².